The number of nitrogens with zero attached hydrogens (tertiary/aromatic N) is 3. The van der Waals surface area contributed by atoms with Gasteiger partial charge in [-0.05, 0) is 57.9 Å². The minimum Gasteiger partial charge on any atom is -0.353 e. The number of aromatic nitrogens is 2. The van der Waals surface area contributed by atoms with Gasteiger partial charge in [-0.25, -0.2) is 8.42 Å². The molecule has 7 heteroatoms. The van der Waals surface area contributed by atoms with Crippen LogP contribution in [0.1, 0.15) is 58.8 Å². The topological polar surface area (TPSA) is 64.3 Å². The zero-order valence-electron chi connectivity index (χ0n) is 16.9. The maximum atomic E-state index is 13.1. The number of Topliss-reactive ketones (excluding diaryl/α,β-unsaturated/α-hetero) is 1. The molecule has 28 heavy (non-hydrogen) atoms. The molecule has 2 saturated heterocycles. The molecule has 6 nitrogen and oxygen atoms in total. The van der Waals surface area contributed by atoms with Crippen molar-refractivity contribution in [2.75, 3.05) is 24.6 Å². The average Bonchev–Trinajstić information content (AvgIpc) is 3.37. The molecule has 2 aromatic rings. The van der Waals surface area contributed by atoms with Gasteiger partial charge in [-0.15, -0.1) is 0 Å². The van der Waals surface area contributed by atoms with Gasteiger partial charge in [-0.2, -0.15) is 0 Å². The summed E-state index contributed by atoms with van der Waals surface area (Å²) in [7, 11) is -0.907. The molecule has 2 fully saturated rings. The molecule has 2 atom stereocenters. The molecule has 0 radical (unpaired) electrons. The van der Waals surface area contributed by atoms with Gasteiger partial charge in [0.05, 0.1) is 24.1 Å². The van der Waals surface area contributed by atoms with Gasteiger partial charge >= 0.3 is 0 Å². The lowest BCUT2D eigenvalue weighted by Crippen LogP contribution is -2.30. The average molecular weight is 404 g/mol. The summed E-state index contributed by atoms with van der Waals surface area (Å²) in [6.45, 7) is 5.26. The first-order valence-electron chi connectivity index (χ1n) is 10.0. The number of ketones is 1. The van der Waals surface area contributed by atoms with E-state index in [9.17, 15) is 13.2 Å². The van der Waals surface area contributed by atoms with Crippen LogP contribution in [0.4, 0.5) is 0 Å². The van der Waals surface area contributed by atoms with Crippen LogP contribution in [0.3, 0.4) is 0 Å². The minimum absolute atomic E-state index is 0.0468. The minimum atomic E-state index is -2.96. The fourth-order valence-corrected chi connectivity index (χ4v) is 6.74. The van der Waals surface area contributed by atoms with Crippen LogP contribution >= 0.6 is 0 Å². The molecule has 0 spiro atoms. The smallest absolute Gasteiger partial charge is 0.178 e. The normalized spacial score (nSPS) is 24.8. The summed E-state index contributed by atoms with van der Waals surface area (Å²) in [5, 5.41) is 0. The van der Waals surface area contributed by atoms with Crippen LogP contribution in [0, 0.1) is 13.8 Å². The van der Waals surface area contributed by atoms with Crippen LogP contribution in [0.2, 0.25) is 0 Å². The first-order chi connectivity index (χ1) is 13.3. The van der Waals surface area contributed by atoms with E-state index in [0.717, 1.165) is 36.3 Å². The van der Waals surface area contributed by atoms with Gasteiger partial charge in [0.2, 0.25) is 0 Å². The molecule has 4 heterocycles. The highest BCUT2D eigenvalue weighted by Gasteiger charge is 2.33. The van der Waals surface area contributed by atoms with Crippen molar-refractivity contribution in [3.8, 4) is 0 Å². The third-order valence-electron chi connectivity index (χ3n) is 6.39. The second-order valence-electron chi connectivity index (χ2n) is 8.31. The van der Waals surface area contributed by atoms with Crippen molar-refractivity contribution in [2.24, 2.45) is 7.05 Å². The molecular weight excluding hydrogens is 374 g/mol. The van der Waals surface area contributed by atoms with E-state index in [0.29, 0.717) is 13.0 Å². The van der Waals surface area contributed by atoms with Gasteiger partial charge in [0.15, 0.2) is 15.6 Å². The Balaban J connectivity index is 1.54. The lowest BCUT2D eigenvalue weighted by atomic mass is 10.1. The van der Waals surface area contributed by atoms with Gasteiger partial charge in [-0.3, -0.25) is 9.69 Å². The first-order valence-corrected chi connectivity index (χ1v) is 11.9. The van der Waals surface area contributed by atoms with E-state index >= 15 is 0 Å². The monoisotopic (exact) mass is 403 g/mol. The van der Waals surface area contributed by atoms with Crippen molar-refractivity contribution < 1.29 is 13.2 Å². The summed E-state index contributed by atoms with van der Waals surface area (Å²) >= 11 is 0. The lowest BCUT2D eigenvalue weighted by molar-refractivity contribution is 0.0918. The zero-order valence-corrected chi connectivity index (χ0v) is 17.7. The zero-order chi connectivity index (χ0) is 20.1. The fourth-order valence-electron chi connectivity index (χ4n) is 5.04. The van der Waals surface area contributed by atoms with Crippen LogP contribution < -0.4 is 0 Å². The van der Waals surface area contributed by atoms with Crippen LogP contribution in [0.15, 0.2) is 24.4 Å². The third-order valence-corrected chi connectivity index (χ3v) is 8.14. The van der Waals surface area contributed by atoms with E-state index in [1.54, 1.807) is 0 Å². The second kappa shape index (κ2) is 7.19. The van der Waals surface area contributed by atoms with Crippen molar-refractivity contribution in [1.82, 2.24) is 14.0 Å². The summed E-state index contributed by atoms with van der Waals surface area (Å²) in [6, 6.07) is 6.37. The number of carbonyl (C=O) groups excluding carboxylic acids is 1. The molecular formula is C21H29N3O3S. The number of sulfone groups is 1. The highest BCUT2D eigenvalue weighted by molar-refractivity contribution is 7.91. The van der Waals surface area contributed by atoms with Gasteiger partial charge in [0.25, 0.3) is 0 Å². The highest BCUT2D eigenvalue weighted by Crippen LogP contribution is 2.33. The number of rotatable bonds is 5. The molecule has 0 N–H and O–H groups in total. The summed E-state index contributed by atoms with van der Waals surface area (Å²) < 4.78 is 28.0. The number of aryl methyl sites for hydroxylation is 2. The standard InChI is InChI=1S/C21H29N3O3S/c1-15-12-18(16(2)24(15)17-8-11-28(26,27)14-17)21(25)13-23-10-5-7-20(23)19-6-4-9-22(19)3/h4,6,9,12,17,20H,5,7-8,10-11,13-14H2,1-3H3. The van der Waals surface area contributed by atoms with Crippen molar-refractivity contribution in [1.29, 1.82) is 0 Å². The van der Waals surface area contributed by atoms with E-state index in [2.05, 4.69) is 39.4 Å². The molecule has 0 amide bonds. The molecule has 0 aliphatic carbocycles. The number of hydrogen-bond acceptors (Lipinski definition) is 4. The lowest BCUT2D eigenvalue weighted by Gasteiger charge is -2.24. The van der Waals surface area contributed by atoms with E-state index in [1.807, 2.05) is 19.9 Å². The molecule has 2 unspecified atom stereocenters. The molecule has 152 valence electrons. The Hall–Kier alpha value is -1.86. The van der Waals surface area contributed by atoms with Crippen molar-refractivity contribution in [3.63, 3.8) is 0 Å². The van der Waals surface area contributed by atoms with Crippen LogP contribution in [0.25, 0.3) is 0 Å². The summed E-state index contributed by atoms with van der Waals surface area (Å²) in [6.07, 6.45) is 4.86. The fraction of sp³-hybridized carbons (Fsp3) is 0.571. The maximum absolute atomic E-state index is 13.1. The number of likely N-dealkylation sites (tertiary alicyclic amines) is 1. The van der Waals surface area contributed by atoms with Crippen molar-refractivity contribution in [3.05, 3.63) is 47.0 Å². The number of carbonyl (C=O) groups is 1. The van der Waals surface area contributed by atoms with E-state index < -0.39 is 9.84 Å². The summed E-state index contributed by atoms with van der Waals surface area (Å²) in [5.74, 6) is 0.546. The molecule has 0 aromatic carbocycles. The van der Waals surface area contributed by atoms with E-state index in [4.69, 9.17) is 0 Å². The Morgan fingerprint density at radius 3 is 2.68 bits per heavy atom. The molecule has 0 bridgehead atoms. The van der Waals surface area contributed by atoms with Gasteiger partial charge in [-0.1, -0.05) is 0 Å². The van der Waals surface area contributed by atoms with Gasteiger partial charge < -0.3 is 9.13 Å². The Kier molecular flexibility index (Phi) is 5.00. The quantitative estimate of drug-likeness (QED) is 0.720. The predicted molar refractivity (Wildman–Crippen MR) is 110 cm³/mol. The molecule has 2 aliphatic heterocycles. The van der Waals surface area contributed by atoms with Crippen molar-refractivity contribution in [2.45, 2.75) is 45.2 Å². The first kappa shape index (κ1) is 19.5. The predicted octanol–water partition coefficient (Wildman–Crippen LogP) is 2.82. The third kappa shape index (κ3) is 3.46. The largest absolute Gasteiger partial charge is 0.353 e. The van der Waals surface area contributed by atoms with Crippen molar-refractivity contribution >= 4 is 15.6 Å². The van der Waals surface area contributed by atoms with E-state index in [1.165, 1.54) is 5.69 Å². The Labute approximate surface area is 167 Å². The summed E-state index contributed by atoms with van der Waals surface area (Å²) in [4.78, 5) is 15.4. The molecule has 4 rings (SSSR count). The Bertz CT molecular complexity index is 1000. The second-order valence-corrected chi connectivity index (χ2v) is 10.5. The SMILES string of the molecule is Cc1cc(C(=O)CN2CCCC2c2cccn2C)c(C)n1C1CCS(=O)(=O)C1. The van der Waals surface area contributed by atoms with Crippen LogP contribution in [0.5, 0.6) is 0 Å². The Morgan fingerprint density at radius 1 is 1.25 bits per heavy atom. The highest BCUT2D eigenvalue weighted by atomic mass is 32.2. The summed E-state index contributed by atoms with van der Waals surface area (Å²) in [5.41, 5.74) is 3.87. The molecule has 2 aromatic heterocycles. The van der Waals surface area contributed by atoms with Gasteiger partial charge in [0, 0.05) is 41.9 Å². The van der Waals surface area contributed by atoms with E-state index in [-0.39, 0.29) is 29.4 Å². The Morgan fingerprint density at radius 2 is 2.04 bits per heavy atom. The maximum Gasteiger partial charge on any atom is 0.178 e. The van der Waals surface area contributed by atoms with Crippen LogP contribution in [-0.4, -0.2) is 52.8 Å². The van der Waals surface area contributed by atoms with Gasteiger partial charge in [0.1, 0.15) is 0 Å². The molecule has 2 aliphatic rings. The number of hydrogen-bond donors (Lipinski definition) is 0. The molecule has 0 saturated carbocycles. The van der Waals surface area contributed by atoms with Crippen LogP contribution in [-0.2, 0) is 16.9 Å².